The molecular formula is C11H14NO3-. The highest BCUT2D eigenvalue weighted by Crippen LogP contribution is 2.02. The molecule has 4 nitrogen and oxygen atoms in total. The first-order valence-electron chi connectivity index (χ1n) is 4.41. The van der Waals surface area contributed by atoms with E-state index in [2.05, 4.69) is 19.7 Å². The number of hydrogen-bond donors (Lipinski definition) is 0. The van der Waals surface area contributed by atoms with Gasteiger partial charge < -0.3 is 14.8 Å². The van der Waals surface area contributed by atoms with Crippen molar-refractivity contribution in [2.24, 2.45) is 0 Å². The molecule has 0 aromatic carbocycles. The normalized spacial score (nSPS) is 9.07. The highest BCUT2D eigenvalue weighted by molar-refractivity contribution is 5.92. The van der Waals surface area contributed by atoms with Gasteiger partial charge in [-0.1, -0.05) is 18.7 Å². The summed E-state index contributed by atoms with van der Waals surface area (Å²) in [4.78, 5) is 23.3. The Bertz CT molecular complexity index is 284. The summed E-state index contributed by atoms with van der Waals surface area (Å²) in [6.07, 6.45) is 2.87. The van der Waals surface area contributed by atoms with E-state index in [1.807, 2.05) is 0 Å². The summed E-state index contributed by atoms with van der Waals surface area (Å²) in [6, 6.07) is 0. The number of nitrogens with zero attached hydrogens (tertiary/aromatic N) is 1. The molecule has 15 heavy (non-hydrogen) atoms. The highest BCUT2D eigenvalue weighted by Gasteiger charge is 2.11. The van der Waals surface area contributed by atoms with Gasteiger partial charge in [0, 0.05) is 13.1 Å². The standard InChI is InChI=1S/C11H15NO3/c1-4-6-12(7-5-2)10(13)8-9(3)11(14)15/h4-5H,1-3,6-8H2,(H,14,15)/p-1. The van der Waals surface area contributed by atoms with Crippen LogP contribution in [0.2, 0.25) is 0 Å². The Morgan fingerprint density at radius 3 is 2.00 bits per heavy atom. The highest BCUT2D eigenvalue weighted by atomic mass is 16.4. The van der Waals surface area contributed by atoms with Gasteiger partial charge in [0.05, 0.1) is 12.4 Å². The number of rotatable bonds is 7. The van der Waals surface area contributed by atoms with Crippen molar-refractivity contribution < 1.29 is 14.7 Å². The van der Waals surface area contributed by atoms with Crippen LogP contribution >= 0.6 is 0 Å². The summed E-state index contributed by atoms with van der Waals surface area (Å²) in [6.45, 7) is 10.9. The van der Waals surface area contributed by atoms with Crippen LogP contribution < -0.4 is 5.11 Å². The van der Waals surface area contributed by atoms with Crippen molar-refractivity contribution in [2.45, 2.75) is 6.42 Å². The fraction of sp³-hybridized carbons (Fsp3) is 0.273. The number of carbonyl (C=O) groups is 2. The van der Waals surface area contributed by atoms with Gasteiger partial charge in [-0.2, -0.15) is 0 Å². The Labute approximate surface area is 89.2 Å². The monoisotopic (exact) mass is 208 g/mol. The first-order valence-corrected chi connectivity index (χ1v) is 4.41. The molecule has 0 aliphatic rings. The van der Waals surface area contributed by atoms with Crippen molar-refractivity contribution in [1.82, 2.24) is 4.90 Å². The van der Waals surface area contributed by atoms with Gasteiger partial charge in [0.25, 0.3) is 0 Å². The molecule has 0 rings (SSSR count). The van der Waals surface area contributed by atoms with Crippen LogP contribution in [0.3, 0.4) is 0 Å². The zero-order chi connectivity index (χ0) is 11.8. The lowest BCUT2D eigenvalue weighted by atomic mass is 10.2. The van der Waals surface area contributed by atoms with E-state index in [9.17, 15) is 14.7 Å². The lowest BCUT2D eigenvalue weighted by molar-refractivity contribution is -0.299. The molecule has 82 valence electrons. The van der Waals surface area contributed by atoms with Gasteiger partial charge >= 0.3 is 0 Å². The molecular weight excluding hydrogens is 194 g/mol. The molecule has 0 radical (unpaired) electrons. The second-order valence-corrected chi connectivity index (χ2v) is 2.94. The minimum Gasteiger partial charge on any atom is -0.545 e. The minimum atomic E-state index is -1.40. The van der Waals surface area contributed by atoms with Gasteiger partial charge in [-0.05, 0) is 5.57 Å². The first-order chi connectivity index (χ1) is 7.02. The van der Waals surface area contributed by atoms with E-state index in [1.54, 1.807) is 12.2 Å². The molecule has 0 bridgehead atoms. The quantitative estimate of drug-likeness (QED) is 0.433. The number of carboxylic acids is 1. The Balaban J connectivity index is 4.36. The molecule has 0 aromatic rings. The van der Waals surface area contributed by atoms with Crippen molar-refractivity contribution in [3.8, 4) is 0 Å². The van der Waals surface area contributed by atoms with Gasteiger partial charge in [0.15, 0.2) is 0 Å². The third kappa shape index (κ3) is 4.81. The smallest absolute Gasteiger partial charge is 0.227 e. The number of carboxylic acid groups (broad SMARTS) is 1. The van der Waals surface area contributed by atoms with E-state index in [0.29, 0.717) is 13.1 Å². The van der Waals surface area contributed by atoms with Crippen LogP contribution in [0.1, 0.15) is 6.42 Å². The Hall–Kier alpha value is -1.84. The lowest BCUT2D eigenvalue weighted by Crippen LogP contribution is -2.34. The fourth-order valence-electron chi connectivity index (χ4n) is 0.956. The van der Waals surface area contributed by atoms with Crippen molar-refractivity contribution in [2.75, 3.05) is 13.1 Å². The summed E-state index contributed by atoms with van der Waals surface area (Å²) >= 11 is 0. The van der Waals surface area contributed by atoms with Gasteiger partial charge in [-0.15, -0.1) is 13.2 Å². The second-order valence-electron chi connectivity index (χ2n) is 2.94. The maximum absolute atomic E-state index is 11.5. The molecule has 0 atom stereocenters. The third-order valence-electron chi connectivity index (χ3n) is 1.70. The van der Waals surface area contributed by atoms with Crippen LogP contribution in [0, 0.1) is 0 Å². The Morgan fingerprint density at radius 1 is 1.20 bits per heavy atom. The van der Waals surface area contributed by atoms with Crippen molar-refractivity contribution in [3.05, 3.63) is 37.5 Å². The summed E-state index contributed by atoms with van der Waals surface area (Å²) in [5.74, 6) is -1.73. The SMILES string of the molecule is C=CCN(CC=C)C(=O)CC(=C)C(=O)[O-]. The van der Waals surface area contributed by atoms with Gasteiger partial charge in [0.2, 0.25) is 5.91 Å². The largest absolute Gasteiger partial charge is 0.545 e. The van der Waals surface area contributed by atoms with E-state index in [4.69, 9.17) is 0 Å². The van der Waals surface area contributed by atoms with Crippen molar-refractivity contribution in [3.63, 3.8) is 0 Å². The van der Waals surface area contributed by atoms with Crippen LogP contribution in [0.15, 0.2) is 37.5 Å². The van der Waals surface area contributed by atoms with Crippen LogP contribution in [0.25, 0.3) is 0 Å². The van der Waals surface area contributed by atoms with E-state index in [0.717, 1.165) is 0 Å². The van der Waals surface area contributed by atoms with Gasteiger partial charge in [-0.3, -0.25) is 4.79 Å². The zero-order valence-electron chi connectivity index (χ0n) is 8.57. The van der Waals surface area contributed by atoms with Crippen LogP contribution in [0.4, 0.5) is 0 Å². The summed E-state index contributed by atoms with van der Waals surface area (Å²) < 4.78 is 0. The topological polar surface area (TPSA) is 60.4 Å². The number of carbonyl (C=O) groups excluding carboxylic acids is 2. The summed E-state index contributed by atoms with van der Waals surface area (Å²) in [5, 5.41) is 10.4. The van der Waals surface area contributed by atoms with Crippen molar-refractivity contribution in [1.29, 1.82) is 0 Å². The lowest BCUT2D eigenvalue weighted by Gasteiger charge is -2.19. The van der Waals surface area contributed by atoms with Gasteiger partial charge in [-0.25, -0.2) is 0 Å². The molecule has 0 saturated heterocycles. The Morgan fingerprint density at radius 2 is 1.67 bits per heavy atom. The molecule has 0 N–H and O–H groups in total. The fourth-order valence-corrected chi connectivity index (χ4v) is 0.956. The zero-order valence-corrected chi connectivity index (χ0v) is 8.57. The predicted octanol–water partition coefficient (Wildman–Crippen LogP) is -0.117. The minimum absolute atomic E-state index is 0.224. The molecule has 0 spiro atoms. The molecule has 0 aliphatic heterocycles. The van der Waals surface area contributed by atoms with E-state index < -0.39 is 5.97 Å². The maximum atomic E-state index is 11.5. The maximum Gasteiger partial charge on any atom is 0.227 e. The van der Waals surface area contributed by atoms with E-state index in [-0.39, 0.29) is 17.9 Å². The van der Waals surface area contributed by atoms with E-state index in [1.165, 1.54) is 4.90 Å². The Kier molecular flexibility index (Phi) is 5.78. The molecule has 4 heteroatoms. The average molecular weight is 208 g/mol. The number of amides is 1. The number of aliphatic carboxylic acids is 1. The van der Waals surface area contributed by atoms with Gasteiger partial charge in [0.1, 0.15) is 0 Å². The second kappa shape index (κ2) is 6.59. The molecule has 0 aliphatic carbocycles. The van der Waals surface area contributed by atoms with Crippen LogP contribution in [-0.4, -0.2) is 29.9 Å². The number of hydrogen-bond acceptors (Lipinski definition) is 3. The predicted molar refractivity (Wildman–Crippen MR) is 55.7 cm³/mol. The first kappa shape index (κ1) is 13.2. The van der Waals surface area contributed by atoms with Crippen molar-refractivity contribution >= 4 is 11.9 Å². The molecule has 0 heterocycles. The summed E-state index contributed by atoms with van der Waals surface area (Å²) in [7, 11) is 0. The van der Waals surface area contributed by atoms with Crippen LogP contribution in [0.5, 0.6) is 0 Å². The van der Waals surface area contributed by atoms with Crippen LogP contribution in [-0.2, 0) is 9.59 Å². The van der Waals surface area contributed by atoms with E-state index >= 15 is 0 Å². The molecule has 1 amide bonds. The molecule has 0 saturated carbocycles. The average Bonchev–Trinajstić information content (AvgIpc) is 2.17. The molecule has 0 fully saturated rings. The third-order valence-corrected chi connectivity index (χ3v) is 1.70. The summed E-state index contributed by atoms with van der Waals surface area (Å²) in [5.41, 5.74) is -0.224. The molecule has 0 unspecified atom stereocenters. The molecule has 0 aromatic heterocycles.